The van der Waals surface area contributed by atoms with E-state index in [2.05, 4.69) is 0 Å². The van der Waals surface area contributed by atoms with Crippen LogP contribution in [0.3, 0.4) is 0 Å². The van der Waals surface area contributed by atoms with Crippen LogP contribution in [0.1, 0.15) is 24.8 Å². The average molecular weight is 294 g/mol. The molecule has 1 aromatic carbocycles. The summed E-state index contributed by atoms with van der Waals surface area (Å²) in [6.45, 7) is 0.599. The fourth-order valence-electron chi connectivity index (χ4n) is 2.19. The summed E-state index contributed by atoms with van der Waals surface area (Å²) in [5, 5.41) is 8.76. The molecule has 0 bridgehead atoms. The van der Waals surface area contributed by atoms with Crippen LogP contribution in [-0.4, -0.2) is 46.5 Å². The lowest BCUT2D eigenvalue weighted by atomic mass is 10.2. The van der Waals surface area contributed by atoms with Gasteiger partial charge in [-0.2, -0.15) is 0 Å². The average Bonchev–Trinajstić information content (AvgIpc) is 3.25. The van der Waals surface area contributed by atoms with Crippen LogP contribution >= 0.6 is 0 Å². The molecule has 0 spiro atoms. The topological polar surface area (TPSA) is 60.9 Å². The zero-order valence-electron chi connectivity index (χ0n) is 12.0. The van der Waals surface area contributed by atoms with Crippen molar-refractivity contribution < 1.29 is 19.1 Å². The van der Waals surface area contributed by atoms with Gasteiger partial charge in [0.25, 0.3) is 0 Å². The maximum atomic E-state index is 12.9. The molecule has 0 atom stereocenters. The van der Waals surface area contributed by atoms with Crippen LogP contribution in [0, 0.1) is 5.82 Å². The van der Waals surface area contributed by atoms with E-state index in [-0.39, 0.29) is 30.9 Å². The Morgan fingerprint density at radius 3 is 2.43 bits per heavy atom. The largest absolute Gasteiger partial charge is 0.481 e. The first-order valence-corrected chi connectivity index (χ1v) is 6.95. The third-order valence-corrected chi connectivity index (χ3v) is 3.46. The van der Waals surface area contributed by atoms with Gasteiger partial charge in [-0.25, -0.2) is 9.18 Å². The van der Waals surface area contributed by atoms with Crippen LogP contribution in [0.4, 0.5) is 9.18 Å². The molecule has 1 N–H and O–H groups in total. The Morgan fingerprint density at radius 1 is 1.29 bits per heavy atom. The Kier molecular flexibility index (Phi) is 4.77. The van der Waals surface area contributed by atoms with E-state index in [9.17, 15) is 14.0 Å². The van der Waals surface area contributed by atoms with Crippen LogP contribution in [-0.2, 0) is 11.3 Å². The molecular formula is C15H19FN2O3. The van der Waals surface area contributed by atoms with Gasteiger partial charge >= 0.3 is 12.0 Å². The maximum absolute atomic E-state index is 12.9. The van der Waals surface area contributed by atoms with Crippen molar-refractivity contribution in [2.45, 2.75) is 31.8 Å². The highest BCUT2D eigenvalue weighted by Crippen LogP contribution is 2.28. The molecule has 1 fully saturated rings. The SMILES string of the molecule is CN(Cc1ccc(F)cc1)C(=O)N(CCC(=O)O)C1CC1. The standard InChI is InChI=1S/C15H19FN2O3/c1-17(10-11-2-4-12(16)5-3-11)15(21)18(13-6-7-13)9-8-14(19)20/h2-5,13H,6-10H2,1H3,(H,19,20). The molecule has 6 heteroatoms. The number of urea groups is 1. The summed E-state index contributed by atoms with van der Waals surface area (Å²) in [6.07, 6.45) is 1.80. The summed E-state index contributed by atoms with van der Waals surface area (Å²) < 4.78 is 12.9. The van der Waals surface area contributed by atoms with Crippen molar-refractivity contribution in [3.63, 3.8) is 0 Å². The van der Waals surface area contributed by atoms with Crippen LogP contribution < -0.4 is 0 Å². The van der Waals surface area contributed by atoms with Gasteiger partial charge in [0, 0.05) is 26.2 Å². The van der Waals surface area contributed by atoms with Gasteiger partial charge in [-0.1, -0.05) is 12.1 Å². The fraction of sp³-hybridized carbons (Fsp3) is 0.467. The smallest absolute Gasteiger partial charge is 0.320 e. The number of hydrogen-bond acceptors (Lipinski definition) is 2. The first-order chi connectivity index (χ1) is 9.97. The molecule has 0 aliphatic heterocycles. The van der Waals surface area contributed by atoms with Gasteiger partial charge in [0.15, 0.2) is 0 Å². The third kappa shape index (κ3) is 4.44. The quantitative estimate of drug-likeness (QED) is 0.876. The fourth-order valence-corrected chi connectivity index (χ4v) is 2.19. The molecule has 2 amide bonds. The molecule has 0 aromatic heterocycles. The van der Waals surface area contributed by atoms with Crippen molar-refractivity contribution >= 4 is 12.0 Å². The molecule has 1 aliphatic rings. The van der Waals surface area contributed by atoms with Gasteiger partial charge in [0.2, 0.25) is 0 Å². The molecule has 21 heavy (non-hydrogen) atoms. The highest BCUT2D eigenvalue weighted by Gasteiger charge is 2.34. The molecule has 0 heterocycles. The van der Waals surface area contributed by atoms with Gasteiger partial charge in [0.05, 0.1) is 6.42 Å². The van der Waals surface area contributed by atoms with Crippen LogP contribution in [0.2, 0.25) is 0 Å². The maximum Gasteiger partial charge on any atom is 0.320 e. The molecular weight excluding hydrogens is 275 g/mol. The number of carbonyl (C=O) groups excluding carboxylic acids is 1. The number of hydrogen-bond donors (Lipinski definition) is 1. The lowest BCUT2D eigenvalue weighted by molar-refractivity contribution is -0.137. The van der Waals surface area contributed by atoms with E-state index in [1.165, 1.54) is 17.0 Å². The summed E-state index contributed by atoms with van der Waals surface area (Å²) in [5.41, 5.74) is 0.834. The van der Waals surface area contributed by atoms with Crippen molar-refractivity contribution in [2.75, 3.05) is 13.6 Å². The molecule has 114 valence electrons. The molecule has 1 aromatic rings. The van der Waals surface area contributed by atoms with Gasteiger partial charge < -0.3 is 14.9 Å². The minimum Gasteiger partial charge on any atom is -0.481 e. The molecule has 2 rings (SSSR count). The number of carboxylic acids is 1. The highest BCUT2D eigenvalue weighted by atomic mass is 19.1. The normalized spacial score (nSPS) is 13.8. The van der Waals surface area contributed by atoms with Crippen LogP contribution in [0.5, 0.6) is 0 Å². The summed E-state index contributed by atoms with van der Waals surface area (Å²) in [4.78, 5) is 26.2. The summed E-state index contributed by atoms with van der Waals surface area (Å²) >= 11 is 0. The number of rotatable bonds is 6. The number of nitrogens with zero attached hydrogens (tertiary/aromatic N) is 2. The lowest BCUT2D eigenvalue weighted by Crippen LogP contribution is -2.43. The second-order valence-electron chi connectivity index (χ2n) is 5.33. The zero-order valence-corrected chi connectivity index (χ0v) is 12.0. The van der Waals surface area contributed by atoms with Gasteiger partial charge in [-0.3, -0.25) is 4.79 Å². The second-order valence-corrected chi connectivity index (χ2v) is 5.33. The number of halogens is 1. The molecule has 0 saturated heterocycles. The van der Waals surface area contributed by atoms with E-state index < -0.39 is 5.97 Å². The van der Waals surface area contributed by atoms with E-state index in [1.807, 2.05) is 0 Å². The molecule has 1 aliphatic carbocycles. The Hall–Kier alpha value is -2.11. The summed E-state index contributed by atoms with van der Waals surface area (Å²) in [7, 11) is 1.67. The first kappa shape index (κ1) is 15.3. The van der Waals surface area contributed by atoms with Crippen molar-refractivity contribution in [3.8, 4) is 0 Å². The Labute approximate surface area is 123 Å². The number of carboxylic acid groups (broad SMARTS) is 1. The molecule has 5 nitrogen and oxygen atoms in total. The second kappa shape index (κ2) is 6.56. The van der Waals surface area contributed by atoms with E-state index in [0.29, 0.717) is 6.54 Å². The predicted molar refractivity (Wildman–Crippen MR) is 75.2 cm³/mol. The van der Waals surface area contributed by atoms with Gasteiger partial charge in [0.1, 0.15) is 5.82 Å². The number of amides is 2. The monoisotopic (exact) mass is 294 g/mol. The predicted octanol–water partition coefficient (Wildman–Crippen LogP) is 2.32. The Balaban J connectivity index is 1.95. The minimum atomic E-state index is -0.908. The highest BCUT2D eigenvalue weighted by molar-refractivity contribution is 5.76. The molecule has 1 saturated carbocycles. The number of benzene rings is 1. The van der Waals surface area contributed by atoms with Crippen molar-refractivity contribution in [2.24, 2.45) is 0 Å². The first-order valence-electron chi connectivity index (χ1n) is 6.95. The molecule has 0 radical (unpaired) electrons. The van der Waals surface area contributed by atoms with E-state index in [4.69, 9.17) is 5.11 Å². The van der Waals surface area contributed by atoms with Crippen molar-refractivity contribution in [1.29, 1.82) is 0 Å². The summed E-state index contributed by atoms with van der Waals surface area (Å²) in [5.74, 6) is -1.22. The summed E-state index contributed by atoms with van der Waals surface area (Å²) in [6, 6.07) is 5.97. The van der Waals surface area contributed by atoms with Crippen molar-refractivity contribution in [1.82, 2.24) is 9.80 Å². The van der Waals surface area contributed by atoms with Crippen molar-refractivity contribution in [3.05, 3.63) is 35.6 Å². The number of aliphatic carboxylic acids is 1. The lowest BCUT2D eigenvalue weighted by Gasteiger charge is -2.28. The van der Waals surface area contributed by atoms with E-state index in [0.717, 1.165) is 18.4 Å². The van der Waals surface area contributed by atoms with Crippen LogP contribution in [0.15, 0.2) is 24.3 Å². The molecule has 0 unspecified atom stereocenters. The Morgan fingerprint density at radius 2 is 1.90 bits per heavy atom. The van der Waals surface area contributed by atoms with E-state index >= 15 is 0 Å². The Bertz CT molecular complexity index is 514. The zero-order chi connectivity index (χ0) is 15.4. The third-order valence-electron chi connectivity index (χ3n) is 3.46. The van der Waals surface area contributed by atoms with E-state index in [1.54, 1.807) is 24.1 Å². The van der Waals surface area contributed by atoms with Crippen LogP contribution in [0.25, 0.3) is 0 Å². The van der Waals surface area contributed by atoms with Gasteiger partial charge in [-0.05, 0) is 30.5 Å². The van der Waals surface area contributed by atoms with Gasteiger partial charge in [-0.15, -0.1) is 0 Å². The minimum absolute atomic E-state index is 0.0490. The number of carbonyl (C=O) groups is 2.